The Hall–Kier alpha value is -1.69. The van der Waals surface area contributed by atoms with Gasteiger partial charge < -0.3 is 15.8 Å². The Bertz CT molecular complexity index is 496. The van der Waals surface area contributed by atoms with Gasteiger partial charge in [-0.2, -0.15) is 0 Å². The van der Waals surface area contributed by atoms with Crippen LogP contribution in [-0.4, -0.2) is 24.6 Å². The molecule has 1 aromatic carbocycles. The van der Waals surface area contributed by atoms with Crippen LogP contribution in [0.2, 0.25) is 0 Å². The maximum absolute atomic E-state index is 13.5. The number of carbonyl (C=O) groups excluding carboxylic acids is 1. The summed E-state index contributed by atoms with van der Waals surface area (Å²) in [5.41, 5.74) is 4.56. The summed E-state index contributed by atoms with van der Waals surface area (Å²) in [6, 6.07) is 3.14. The minimum absolute atomic E-state index is 0.0113. The molecule has 6 heteroatoms. The number of halogens is 2. The van der Waals surface area contributed by atoms with Gasteiger partial charge >= 0.3 is 0 Å². The van der Waals surface area contributed by atoms with Crippen molar-refractivity contribution in [2.24, 2.45) is 5.73 Å². The molecule has 2 atom stereocenters. The SMILES string of the molecule is CNC1(C(N)=O)CCC(Oc2ccc(F)cc2F)C1. The normalized spacial score (nSPS) is 26.4. The van der Waals surface area contributed by atoms with E-state index in [1.54, 1.807) is 7.05 Å². The molecule has 0 bridgehead atoms. The van der Waals surface area contributed by atoms with Crippen molar-refractivity contribution in [2.75, 3.05) is 7.05 Å². The number of hydrogen-bond acceptors (Lipinski definition) is 3. The van der Waals surface area contributed by atoms with Crippen molar-refractivity contribution in [1.29, 1.82) is 0 Å². The molecule has 1 saturated carbocycles. The third-order valence-electron chi connectivity index (χ3n) is 3.61. The average Bonchev–Trinajstić information content (AvgIpc) is 2.77. The number of ether oxygens (including phenoxy) is 1. The molecule has 2 unspecified atom stereocenters. The van der Waals surface area contributed by atoms with Crippen molar-refractivity contribution in [1.82, 2.24) is 5.32 Å². The zero-order chi connectivity index (χ0) is 14.0. The van der Waals surface area contributed by atoms with Crippen LogP contribution < -0.4 is 15.8 Å². The lowest BCUT2D eigenvalue weighted by molar-refractivity contribution is -0.124. The minimum atomic E-state index is -0.804. The van der Waals surface area contributed by atoms with E-state index in [4.69, 9.17) is 10.5 Å². The summed E-state index contributed by atoms with van der Waals surface area (Å²) in [7, 11) is 1.66. The first-order valence-electron chi connectivity index (χ1n) is 6.07. The smallest absolute Gasteiger partial charge is 0.237 e. The Morgan fingerprint density at radius 3 is 2.79 bits per heavy atom. The first kappa shape index (κ1) is 13.7. The fourth-order valence-electron chi connectivity index (χ4n) is 2.43. The molecule has 1 aromatic rings. The summed E-state index contributed by atoms with van der Waals surface area (Å²) in [6.07, 6.45) is 1.17. The number of likely N-dealkylation sites (N-methyl/N-ethyl adjacent to an activating group) is 1. The van der Waals surface area contributed by atoms with Crippen molar-refractivity contribution in [3.8, 4) is 5.75 Å². The highest BCUT2D eigenvalue weighted by Gasteiger charge is 2.44. The molecular weight excluding hydrogens is 254 g/mol. The van der Waals surface area contributed by atoms with Gasteiger partial charge in [-0.15, -0.1) is 0 Å². The molecular formula is C13H16F2N2O2. The van der Waals surface area contributed by atoms with E-state index < -0.39 is 23.1 Å². The molecule has 19 heavy (non-hydrogen) atoms. The van der Waals surface area contributed by atoms with Gasteiger partial charge in [-0.3, -0.25) is 4.79 Å². The predicted octanol–water partition coefficient (Wildman–Crippen LogP) is 1.34. The molecule has 0 heterocycles. The monoisotopic (exact) mass is 270 g/mol. The van der Waals surface area contributed by atoms with E-state index in [1.165, 1.54) is 6.07 Å². The molecule has 4 nitrogen and oxygen atoms in total. The van der Waals surface area contributed by atoms with Crippen LogP contribution in [0.25, 0.3) is 0 Å². The van der Waals surface area contributed by atoms with Gasteiger partial charge in [0.05, 0.1) is 0 Å². The molecule has 0 spiro atoms. The molecule has 1 fully saturated rings. The van der Waals surface area contributed by atoms with Crippen LogP contribution in [0.4, 0.5) is 8.78 Å². The quantitative estimate of drug-likeness (QED) is 0.867. The molecule has 1 aliphatic carbocycles. The summed E-state index contributed by atoms with van der Waals surface area (Å²) in [6.45, 7) is 0. The second kappa shape index (κ2) is 5.13. The van der Waals surface area contributed by atoms with Gasteiger partial charge in [0.15, 0.2) is 11.6 Å². The Morgan fingerprint density at radius 1 is 1.53 bits per heavy atom. The van der Waals surface area contributed by atoms with Crippen molar-refractivity contribution < 1.29 is 18.3 Å². The minimum Gasteiger partial charge on any atom is -0.487 e. The van der Waals surface area contributed by atoms with Crippen LogP contribution in [0.3, 0.4) is 0 Å². The summed E-state index contributed by atoms with van der Waals surface area (Å²) in [5, 5.41) is 2.91. The highest BCUT2D eigenvalue weighted by atomic mass is 19.1. The van der Waals surface area contributed by atoms with Crippen LogP contribution in [0.5, 0.6) is 5.75 Å². The van der Waals surface area contributed by atoms with Crippen molar-refractivity contribution >= 4 is 5.91 Å². The lowest BCUT2D eigenvalue weighted by Gasteiger charge is -2.24. The average molecular weight is 270 g/mol. The van der Waals surface area contributed by atoms with Gasteiger partial charge in [-0.05, 0) is 32.0 Å². The number of hydrogen-bond donors (Lipinski definition) is 2. The summed E-state index contributed by atoms with van der Waals surface area (Å²) < 4.78 is 31.7. The molecule has 3 N–H and O–H groups in total. The summed E-state index contributed by atoms with van der Waals surface area (Å²) >= 11 is 0. The topological polar surface area (TPSA) is 64.3 Å². The maximum Gasteiger partial charge on any atom is 0.237 e. The number of nitrogens with two attached hydrogens (primary N) is 1. The van der Waals surface area contributed by atoms with Crippen LogP contribution in [0.1, 0.15) is 19.3 Å². The highest BCUT2D eigenvalue weighted by Crippen LogP contribution is 2.33. The van der Waals surface area contributed by atoms with E-state index in [0.717, 1.165) is 12.1 Å². The standard InChI is InChI=1S/C13H16F2N2O2/c1-17-13(12(16)18)5-4-9(7-13)19-11-3-2-8(14)6-10(11)15/h2-3,6,9,17H,4-5,7H2,1H3,(H2,16,18). The van der Waals surface area contributed by atoms with Gasteiger partial charge in [0, 0.05) is 12.5 Å². The number of benzene rings is 1. The largest absolute Gasteiger partial charge is 0.487 e. The van der Waals surface area contributed by atoms with Crippen molar-refractivity contribution in [2.45, 2.75) is 30.9 Å². The lowest BCUT2D eigenvalue weighted by atomic mass is 9.97. The third kappa shape index (κ3) is 2.68. The number of primary amides is 1. The number of carbonyl (C=O) groups is 1. The van der Waals surface area contributed by atoms with Crippen molar-refractivity contribution in [3.05, 3.63) is 29.8 Å². The molecule has 0 aliphatic heterocycles. The molecule has 0 saturated heterocycles. The third-order valence-corrected chi connectivity index (χ3v) is 3.61. The molecule has 2 rings (SSSR count). The Morgan fingerprint density at radius 2 is 2.26 bits per heavy atom. The second-order valence-electron chi connectivity index (χ2n) is 4.75. The van der Waals surface area contributed by atoms with Gasteiger partial charge in [-0.25, -0.2) is 8.78 Å². The Labute approximate surface area is 109 Å². The van der Waals surface area contributed by atoms with Gasteiger partial charge in [0.2, 0.25) is 5.91 Å². The predicted molar refractivity (Wildman–Crippen MR) is 65.6 cm³/mol. The first-order valence-corrected chi connectivity index (χ1v) is 6.07. The molecule has 0 aromatic heterocycles. The van der Waals surface area contributed by atoms with Crippen LogP contribution in [0, 0.1) is 11.6 Å². The zero-order valence-electron chi connectivity index (χ0n) is 10.6. The number of rotatable bonds is 4. The molecule has 1 amide bonds. The number of nitrogens with one attached hydrogen (secondary N) is 1. The van der Waals surface area contributed by atoms with Crippen LogP contribution in [0.15, 0.2) is 18.2 Å². The first-order chi connectivity index (χ1) is 8.97. The number of amides is 1. The molecule has 1 aliphatic rings. The fourth-order valence-corrected chi connectivity index (χ4v) is 2.43. The summed E-state index contributed by atoms with van der Waals surface area (Å²) in [4.78, 5) is 11.4. The van der Waals surface area contributed by atoms with Crippen LogP contribution in [-0.2, 0) is 4.79 Å². The van der Waals surface area contributed by atoms with E-state index in [-0.39, 0.29) is 11.9 Å². The molecule has 104 valence electrons. The zero-order valence-corrected chi connectivity index (χ0v) is 10.6. The van der Waals surface area contributed by atoms with E-state index >= 15 is 0 Å². The maximum atomic E-state index is 13.5. The van der Waals surface area contributed by atoms with E-state index in [1.807, 2.05) is 0 Å². The summed E-state index contributed by atoms with van der Waals surface area (Å²) in [5.74, 6) is -1.86. The van der Waals surface area contributed by atoms with Gasteiger partial charge in [0.1, 0.15) is 17.5 Å². The van der Waals surface area contributed by atoms with Gasteiger partial charge in [0.25, 0.3) is 0 Å². The van der Waals surface area contributed by atoms with E-state index in [0.29, 0.717) is 19.3 Å². The van der Waals surface area contributed by atoms with Crippen LogP contribution >= 0.6 is 0 Å². The van der Waals surface area contributed by atoms with E-state index in [9.17, 15) is 13.6 Å². The van der Waals surface area contributed by atoms with Gasteiger partial charge in [-0.1, -0.05) is 0 Å². The van der Waals surface area contributed by atoms with E-state index in [2.05, 4.69) is 5.32 Å². The second-order valence-corrected chi connectivity index (χ2v) is 4.75. The lowest BCUT2D eigenvalue weighted by Crippen LogP contribution is -2.52. The molecule has 0 radical (unpaired) electrons. The van der Waals surface area contributed by atoms with Crippen molar-refractivity contribution in [3.63, 3.8) is 0 Å². The Kier molecular flexibility index (Phi) is 3.71. The Balaban J connectivity index is 2.08. The highest BCUT2D eigenvalue weighted by molar-refractivity contribution is 5.85. The fraction of sp³-hybridized carbons (Fsp3) is 0.462.